The Morgan fingerprint density at radius 2 is 1.74 bits per heavy atom. The maximum atomic E-state index is 14.0. The second-order valence-electron chi connectivity index (χ2n) is 9.55. The zero-order valence-electron chi connectivity index (χ0n) is 19.6. The van der Waals surface area contributed by atoms with E-state index < -0.39 is 5.41 Å². The van der Waals surface area contributed by atoms with E-state index in [1.165, 1.54) is 11.3 Å². The molecule has 6 rings (SSSR count). The number of nitrogens with zero attached hydrogens (tertiary/aromatic N) is 5. The molecule has 0 aliphatic carbocycles. The highest BCUT2D eigenvalue weighted by molar-refractivity contribution is 5.89. The third kappa shape index (κ3) is 3.65. The van der Waals surface area contributed by atoms with E-state index >= 15 is 0 Å². The standard InChI is InChI=1S/C26H32N6O2/c33-25(31-16-18-34-19-17-31)26(20-4-2-1-3-5-20)9-14-30(15-10-26)24-21-6-11-27-12-7-22(21)29-23-8-13-28-32(23)24/h1-5,8,13,27H,6-7,9-12,14-19H2. The molecule has 0 radical (unpaired) electrons. The van der Waals surface area contributed by atoms with Crippen molar-refractivity contribution >= 4 is 17.4 Å². The van der Waals surface area contributed by atoms with Crippen LogP contribution in [-0.2, 0) is 27.8 Å². The summed E-state index contributed by atoms with van der Waals surface area (Å²) < 4.78 is 7.53. The molecule has 2 aromatic heterocycles. The topological polar surface area (TPSA) is 75.0 Å². The minimum atomic E-state index is -0.496. The third-order valence-corrected chi connectivity index (χ3v) is 7.73. The Morgan fingerprint density at radius 3 is 2.53 bits per heavy atom. The van der Waals surface area contributed by atoms with Gasteiger partial charge in [-0.05, 0) is 31.4 Å². The number of rotatable bonds is 3. The molecule has 0 saturated carbocycles. The van der Waals surface area contributed by atoms with Crippen LogP contribution >= 0.6 is 0 Å². The van der Waals surface area contributed by atoms with Gasteiger partial charge in [0.2, 0.25) is 5.91 Å². The summed E-state index contributed by atoms with van der Waals surface area (Å²) in [4.78, 5) is 23.4. The van der Waals surface area contributed by atoms with E-state index in [0.717, 1.165) is 68.9 Å². The second kappa shape index (κ2) is 9.00. The van der Waals surface area contributed by atoms with Gasteiger partial charge in [-0.1, -0.05) is 30.3 Å². The molecule has 0 bridgehead atoms. The molecule has 178 valence electrons. The monoisotopic (exact) mass is 460 g/mol. The molecular formula is C26H32N6O2. The summed E-state index contributed by atoms with van der Waals surface area (Å²) in [5.74, 6) is 1.41. The zero-order chi connectivity index (χ0) is 23.0. The van der Waals surface area contributed by atoms with Crippen molar-refractivity contribution in [1.82, 2.24) is 24.8 Å². The molecule has 0 spiro atoms. The third-order valence-electron chi connectivity index (χ3n) is 7.73. The average Bonchev–Trinajstić information content (AvgIpc) is 3.24. The Balaban J connectivity index is 1.35. The molecule has 0 atom stereocenters. The molecule has 1 amide bonds. The summed E-state index contributed by atoms with van der Waals surface area (Å²) in [6.45, 7) is 6.12. The van der Waals surface area contributed by atoms with Crippen LogP contribution in [0.3, 0.4) is 0 Å². The van der Waals surface area contributed by atoms with Gasteiger partial charge in [-0.25, -0.2) is 4.98 Å². The molecule has 8 nitrogen and oxygen atoms in total. The molecule has 2 fully saturated rings. The number of fused-ring (bicyclic) bond motifs is 2. The first-order chi connectivity index (χ1) is 16.8. The van der Waals surface area contributed by atoms with Crippen LogP contribution in [0.2, 0.25) is 0 Å². The quantitative estimate of drug-likeness (QED) is 0.643. The summed E-state index contributed by atoms with van der Waals surface area (Å²) in [5, 5.41) is 8.15. The van der Waals surface area contributed by atoms with Gasteiger partial charge in [0, 0.05) is 50.8 Å². The fraction of sp³-hybridized carbons (Fsp3) is 0.500. The van der Waals surface area contributed by atoms with E-state index in [1.807, 2.05) is 27.7 Å². The normalized spacial score (nSPS) is 20.7. The number of anilines is 1. The van der Waals surface area contributed by atoms with E-state index in [2.05, 4.69) is 39.6 Å². The van der Waals surface area contributed by atoms with Crippen LogP contribution in [0, 0.1) is 0 Å². The molecule has 3 aliphatic rings. The lowest BCUT2D eigenvalue weighted by molar-refractivity contribution is -0.142. The van der Waals surface area contributed by atoms with Crippen LogP contribution in [-0.4, -0.2) is 77.9 Å². The van der Waals surface area contributed by atoms with E-state index in [4.69, 9.17) is 9.72 Å². The average molecular weight is 461 g/mol. The van der Waals surface area contributed by atoms with Gasteiger partial charge >= 0.3 is 0 Å². The Labute approximate surface area is 199 Å². The van der Waals surface area contributed by atoms with Crippen molar-refractivity contribution in [3.63, 3.8) is 0 Å². The van der Waals surface area contributed by atoms with Crippen LogP contribution in [0.15, 0.2) is 42.6 Å². The first kappa shape index (κ1) is 21.6. The molecule has 3 aromatic rings. The van der Waals surface area contributed by atoms with E-state index in [0.29, 0.717) is 26.3 Å². The maximum absolute atomic E-state index is 14.0. The van der Waals surface area contributed by atoms with E-state index in [-0.39, 0.29) is 5.91 Å². The highest BCUT2D eigenvalue weighted by Crippen LogP contribution is 2.40. The van der Waals surface area contributed by atoms with Crippen molar-refractivity contribution < 1.29 is 9.53 Å². The van der Waals surface area contributed by atoms with Crippen molar-refractivity contribution in [3.05, 3.63) is 59.4 Å². The molecule has 5 heterocycles. The SMILES string of the molecule is O=C(N1CCOCC1)C1(c2ccccc2)CCN(c2c3c(nc4ccnn24)CCNCC3)CC1. The molecule has 8 heteroatoms. The van der Waals surface area contributed by atoms with Gasteiger partial charge in [0.15, 0.2) is 5.65 Å². The van der Waals surface area contributed by atoms with Crippen LogP contribution < -0.4 is 10.2 Å². The summed E-state index contributed by atoms with van der Waals surface area (Å²) in [6.07, 6.45) is 5.28. The molecule has 1 N–H and O–H groups in total. The van der Waals surface area contributed by atoms with Gasteiger partial charge in [-0.3, -0.25) is 4.79 Å². The summed E-state index contributed by atoms with van der Waals surface area (Å²) >= 11 is 0. The van der Waals surface area contributed by atoms with Gasteiger partial charge in [0.25, 0.3) is 0 Å². The van der Waals surface area contributed by atoms with Crippen molar-refractivity contribution in [1.29, 1.82) is 0 Å². The minimum Gasteiger partial charge on any atom is -0.378 e. The summed E-state index contributed by atoms with van der Waals surface area (Å²) in [5.41, 5.74) is 4.02. The van der Waals surface area contributed by atoms with Crippen molar-refractivity contribution in [2.75, 3.05) is 57.4 Å². The lowest BCUT2D eigenvalue weighted by Crippen LogP contribution is -2.55. The fourth-order valence-corrected chi connectivity index (χ4v) is 5.89. The van der Waals surface area contributed by atoms with Gasteiger partial charge in [-0.15, -0.1) is 0 Å². The largest absolute Gasteiger partial charge is 0.378 e. The Kier molecular flexibility index (Phi) is 5.71. The Morgan fingerprint density at radius 1 is 0.971 bits per heavy atom. The van der Waals surface area contributed by atoms with E-state index in [9.17, 15) is 4.79 Å². The molecule has 1 aromatic carbocycles. The van der Waals surface area contributed by atoms with Gasteiger partial charge in [0.05, 0.1) is 30.5 Å². The van der Waals surface area contributed by atoms with Gasteiger partial charge in [0.1, 0.15) is 5.82 Å². The predicted octanol–water partition coefficient (Wildman–Crippen LogP) is 1.81. The number of carbonyl (C=O) groups excluding carboxylic acids is 1. The number of amides is 1. The first-order valence-electron chi connectivity index (χ1n) is 12.5. The lowest BCUT2D eigenvalue weighted by Gasteiger charge is -2.45. The Bertz CT molecular complexity index is 1160. The molecular weight excluding hydrogens is 428 g/mol. The highest BCUT2D eigenvalue weighted by Gasteiger charge is 2.46. The number of piperidine rings is 1. The number of benzene rings is 1. The van der Waals surface area contributed by atoms with Gasteiger partial charge in [-0.2, -0.15) is 9.61 Å². The molecule has 0 unspecified atom stereocenters. The maximum Gasteiger partial charge on any atom is 0.233 e. The number of ether oxygens (including phenoxy) is 1. The Hall–Kier alpha value is -2.97. The lowest BCUT2D eigenvalue weighted by atomic mass is 9.71. The number of nitrogens with one attached hydrogen (secondary N) is 1. The van der Waals surface area contributed by atoms with Crippen LogP contribution in [0.1, 0.15) is 29.7 Å². The zero-order valence-corrected chi connectivity index (χ0v) is 19.6. The van der Waals surface area contributed by atoms with Crippen LogP contribution in [0.25, 0.3) is 5.65 Å². The minimum absolute atomic E-state index is 0.253. The number of hydrogen-bond acceptors (Lipinski definition) is 6. The van der Waals surface area contributed by atoms with Crippen molar-refractivity contribution in [2.45, 2.75) is 31.1 Å². The van der Waals surface area contributed by atoms with Gasteiger partial charge < -0.3 is 19.9 Å². The number of morpholine rings is 1. The second-order valence-corrected chi connectivity index (χ2v) is 9.55. The number of hydrogen-bond donors (Lipinski definition) is 1. The number of carbonyl (C=O) groups is 1. The summed E-state index contributed by atoms with van der Waals surface area (Å²) in [6, 6.07) is 12.4. The van der Waals surface area contributed by atoms with Crippen LogP contribution in [0.5, 0.6) is 0 Å². The molecule has 3 aliphatic heterocycles. The van der Waals surface area contributed by atoms with Crippen LogP contribution in [0.4, 0.5) is 5.82 Å². The first-order valence-corrected chi connectivity index (χ1v) is 12.5. The number of aromatic nitrogens is 3. The highest BCUT2D eigenvalue weighted by atomic mass is 16.5. The molecule has 34 heavy (non-hydrogen) atoms. The van der Waals surface area contributed by atoms with Crippen molar-refractivity contribution in [3.8, 4) is 0 Å². The van der Waals surface area contributed by atoms with Crippen molar-refractivity contribution in [2.24, 2.45) is 0 Å². The smallest absolute Gasteiger partial charge is 0.233 e. The summed E-state index contributed by atoms with van der Waals surface area (Å²) in [7, 11) is 0. The fourth-order valence-electron chi connectivity index (χ4n) is 5.89. The molecule has 2 saturated heterocycles. The van der Waals surface area contributed by atoms with E-state index in [1.54, 1.807) is 0 Å². The predicted molar refractivity (Wildman–Crippen MR) is 130 cm³/mol.